The number of nitrogens with one attached hydrogen (secondary N) is 1. The third-order valence-electron chi connectivity index (χ3n) is 4.86. The Bertz CT molecular complexity index is 1230. The monoisotopic (exact) mass is 356 g/mol. The van der Waals surface area contributed by atoms with Crippen molar-refractivity contribution in [3.63, 3.8) is 0 Å². The van der Waals surface area contributed by atoms with Crippen LogP contribution in [0.15, 0.2) is 71.7 Å². The first-order valence-corrected chi connectivity index (χ1v) is 9.01. The Labute approximate surface area is 157 Å². The number of aryl methyl sites for hydroxylation is 2. The summed E-state index contributed by atoms with van der Waals surface area (Å²) in [4.78, 5) is 25.9. The van der Waals surface area contributed by atoms with Gasteiger partial charge in [0.2, 0.25) is 5.43 Å². The molecular formula is C23H20N2O2. The highest BCUT2D eigenvalue weighted by Gasteiger charge is 2.16. The van der Waals surface area contributed by atoms with Crippen molar-refractivity contribution < 1.29 is 4.79 Å². The number of amides is 1. The third kappa shape index (κ3) is 2.99. The summed E-state index contributed by atoms with van der Waals surface area (Å²) >= 11 is 0. The summed E-state index contributed by atoms with van der Waals surface area (Å²) < 4.78 is 1.94. The fourth-order valence-electron chi connectivity index (χ4n) is 3.46. The van der Waals surface area contributed by atoms with E-state index in [9.17, 15) is 9.59 Å². The maximum absolute atomic E-state index is 13.0. The number of hydrogen-bond acceptors (Lipinski definition) is 2. The molecule has 0 unspecified atom stereocenters. The maximum atomic E-state index is 13.0. The summed E-state index contributed by atoms with van der Waals surface area (Å²) in [5, 5.41) is 5.47. The van der Waals surface area contributed by atoms with Crippen molar-refractivity contribution in [2.45, 2.75) is 20.4 Å². The Morgan fingerprint density at radius 3 is 2.59 bits per heavy atom. The Morgan fingerprint density at radius 1 is 1.00 bits per heavy atom. The van der Waals surface area contributed by atoms with Gasteiger partial charge in [-0.15, -0.1) is 0 Å². The number of rotatable bonds is 3. The molecule has 1 aromatic heterocycles. The van der Waals surface area contributed by atoms with Gasteiger partial charge in [0.1, 0.15) is 5.56 Å². The number of carbonyl (C=O) groups excluding carboxylic acids is 1. The van der Waals surface area contributed by atoms with Crippen LogP contribution in [0, 0.1) is 6.92 Å². The number of anilines is 1. The van der Waals surface area contributed by atoms with Crippen molar-refractivity contribution in [1.82, 2.24) is 4.57 Å². The lowest BCUT2D eigenvalue weighted by Crippen LogP contribution is -2.24. The highest BCUT2D eigenvalue weighted by molar-refractivity contribution is 6.10. The van der Waals surface area contributed by atoms with Crippen LogP contribution >= 0.6 is 0 Å². The molecule has 0 bridgehead atoms. The zero-order valence-corrected chi connectivity index (χ0v) is 15.3. The molecule has 4 nitrogen and oxygen atoms in total. The first-order chi connectivity index (χ1) is 13.1. The first-order valence-electron chi connectivity index (χ1n) is 9.01. The van der Waals surface area contributed by atoms with E-state index in [1.54, 1.807) is 6.20 Å². The van der Waals surface area contributed by atoms with Crippen molar-refractivity contribution in [2.24, 2.45) is 0 Å². The highest BCUT2D eigenvalue weighted by Crippen LogP contribution is 2.23. The summed E-state index contributed by atoms with van der Waals surface area (Å²) in [6.07, 6.45) is 1.65. The average molecular weight is 356 g/mol. The molecule has 1 N–H and O–H groups in total. The lowest BCUT2D eigenvalue weighted by atomic mass is 10.1. The van der Waals surface area contributed by atoms with Gasteiger partial charge in [-0.2, -0.15) is 0 Å². The molecule has 1 heterocycles. The predicted molar refractivity (Wildman–Crippen MR) is 111 cm³/mol. The minimum atomic E-state index is -0.387. The molecule has 0 aliphatic rings. The van der Waals surface area contributed by atoms with Gasteiger partial charge in [-0.05, 0) is 37.4 Å². The number of carbonyl (C=O) groups is 1. The van der Waals surface area contributed by atoms with E-state index in [2.05, 4.69) is 5.32 Å². The van der Waals surface area contributed by atoms with Gasteiger partial charge in [0.25, 0.3) is 5.91 Å². The van der Waals surface area contributed by atoms with Gasteiger partial charge in [-0.1, -0.05) is 48.0 Å². The molecule has 134 valence electrons. The second-order valence-electron chi connectivity index (χ2n) is 6.66. The van der Waals surface area contributed by atoms with Crippen molar-refractivity contribution in [3.8, 4) is 0 Å². The quantitative estimate of drug-likeness (QED) is 0.577. The number of fused-ring (bicyclic) bond motifs is 2. The molecule has 0 aliphatic carbocycles. The normalized spacial score (nSPS) is 11.0. The summed E-state index contributed by atoms with van der Waals surface area (Å²) in [6, 6.07) is 19.3. The highest BCUT2D eigenvalue weighted by atomic mass is 16.2. The summed E-state index contributed by atoms with van der Waals surface area (Å²) in [6.45, 7) is 4.61. The van der Waals surface area contributed by atoms with E-state index in [0.29, 0.717) is 17.6 Å². The number of benzene rings is 3. The second-order valence-corrected chi connectivity index (χ2v) is 6.66. The largest absolute Gasteiger partial charge is 0.347 e. The van der Waals surface area contributed by atoms with Gasteiger partial charge >= 0.3 is 0 Å². The number of aromatic nitrogens is 1. The Morgan fingerprint density at radius 2 is 1.78 bits per heavy atom. The molecular weight excluding hydrogens is 336 g/mol. The molecule has 4 heteroatoms. The molecule has 4 aromatic rings. The van der Waals surface area contributed by atoms with Gasteiger partial charge in [-0.3, -0.25) is 9.59 Å². The second kappa shape index (κ2) is 6.72. The number of hydrogen-bond donors (Lipinski definition) is 1. The van der Waals surface area contributed by atoms with Gasteiger partial charge in [0.05, 0.1) is 5.52 Å². The van der Waals surface area contributed by atoms with Crippen LogP contribution in [0.1, 0.15) is 22.8 Å². The molecule has 3 aromatic carbocycles. The van der Waals surface area contributed by atoms with Gasteiger partial charge in [0, 0.05) is 29.2 Å². The fraction of sp³-hybridized carbons (Fsp3) is 0.130. The Hall–Kier alpha value is -3.40. The SMILES string of the molecule is CCn1cc(C(=O)Nc2cccc3ccccc23)c(=O)c2cc(C)ccc21. The zero-order chi connectivity index (χ0) is 19.0. The third-order valence-corrected chi connectivity index (χ3v) is 4.86. The maximum Gasteiger partial charge on any atom is 0.261 e. The molecule has 0 spiro atoms. The smallest absolute Gasteiger partial charge is 0.261 e. The van der Waals surface area contributed by atoms with Crippen molar-refractivity contribution in [3.05, 3.63) is 88.2 Å². The van der Waals surface area contributed by atoms with E-state index in [0.717, 1.165) is 21.9 Å². The van der Waals surface area contributed by atoms with E-state index >= 15 is 0 Å². The Balaban J connectivity index is 1.83. The van der Waals surface area contributed by atoms with Crippen LogP contribution in [0.5, 0.6) is 0 Å². The first kappa shape index (κ1) is 17.0. The van der Waals surface area contributed by atoms with E-state index in [1.165, 1.54) is 0 Å². The molecule has 27 heavy (non-hydrogen) atoms. The topological polar surface area (TPSA) is 51.1 Å². The lowest BCUT2D eigenvalue weighted by Gasteiger charge is -2.13. The summed E-state index contributed by atoms with van der Waals surface area (Å²) in [7, 11) is 0. The zero-order valence-electron chi connectivity index (χ0n) is 15.3. The van der Waals surface area contributed by atoms with Crippen molar-refractivity contribution >= 4 is 33.3 Å². The summed E-state index contributed by atoms with van der Waals surface area (Å²) in [5.41, 5.74) is 2.45. The van der Waals surface area contributed by atoms with E-state index in [-0.39, 0.29) is 16.9 Å². The molecule has 0 saturated heterocycles. The molecule has 0 saturated carbocycles. The van der Waals surface area contributed by atoms with Crippen LogP contribution in [0.25, 0.3) is 21.7 Å². The van der Waals surface area contributed by atoms with Crippen LogP contribution in [0.4, 0.5) is 5.69 Å². The van der Waals surface area contributed by atoms with E-state index in [4.69, 9.17) is 0 Å². The van der Waals surface area contributed by atoms with E-state index < -0.39 is 0 Å². The van der Waals surface area contributed by atoms with E-state index in [1.807, 2.05) is 79.1 Å². The van der Waals surface area contributed by atoms with Gasteiger partial charge < -0.3 is 9.88 Å². The lowest BCUT2D eigenvalue weighted by molar-refractivity contribution is 0.102. The summed E-state index contributed by atoms with van der Waals surface area (Å²) in [5.74, 6) is -0.387. The molecule has 0 radical (unpaired) electrons. The standard InChI is InChI=1S/C23H20N2O2/c1-3-25-14-19(22(26)18-13-15(2)11-12-21(18)25)23(27)24-20-10-6-8-16-7-4-5-9-17(16)20/h4-14H,3H2,1-2H3,(H,24,27). The van der Waals surface area contributed by atoms with Crippen molar-refractivity contribution in [1.29, 1.82) is 0 Å². The fourth-order valence-corrected chi connectivity index (χ4v) is 3.46. The van der Waals surface area contributed by atoms with Crippen LogP contribution in [0.2, 0.25) is 0 Å². The molecule has 4 rings (SSSR count). The van der Waals surface area contributed by atoms with Crippen LogP contribution in [0.3, 0.4) is 0 Å². The number of nitrogens with zero attached hydrogens (tertiary/aromatic N) is 1. The minimum absolute atomic E-state index is 0.155. The van der Waals surface area contributed by atoms with Crippen molar-refractivity contribution in [2.75, 3.05) is 5.32 Å². The van der Waals surface area contributed by atoms with Gasteiger partial charge in [-0.25, -0.2) is 0 Å². The Kier molecular flexibility index (Phi) is 4.24. The van der Waals surface area contributed by atoms with Crippen LogP contribution in [-0.4, -0.2) is 10.5 Å². The van der Waals surface area contributed by atoms with Crippen LogP contribution in [-0.2, 0) is 6.54 Å². The average Bonchev–Trinajstić information content (AvgIpc) is 2.69. The molecule has 0 aliphatic heterocycles. The molecule has 0 atom stereocenters. The van der Waals surface area contributed by atoms with Gasteiger partial charge in [0.15, 0.2) is 0 Å². The molecule has 1 amide bonds. The minimum Gasteiger partial charge on any atom is -0.347 e. The predicted octanol–water partition coefficient (Wildman–Crippen LogP) is 4.74. The number of pyridine rings is 1. The molecule has 0 fully saturated rings. The van der Waals surface area contributed by atoms with Crippen LogP contribution < -0.4 is 10.7 Å².